The van der Waals surface area contributed by atoms with Crippen LogP contribution in [0.25, 0.3) is 0 Å². The molecule has 1 aromatic carbocycles. The molecule has 0 fully saturated rings. The molecule has 0 radical (unpaired) electrons. The van der Waals surface area contributed by atoms with E-state index in [2.05, 4.69) is 67.5 Å². The summed E-state index contributed by atoms with van der Waals surface area (Å²) in [6, 6.07) is 13.8. The second kappa shape index (κ2) is 7.94. The molecule has 2 aromatic rings. The highest BCUT2D eigenvalue weighted by Crippen LogP contribution is 2.11. The number of nitrogens with one attached hydrogen (secondary N) is 1. The van der Waals surface area contributed by atoms with E-state index in [0.29, 0.717) is 6.04 Å². The van der Waals surface area contributed by atoms with Gasteiger partial charge in [0.1, 0.15) is 0 Å². The summed E-state index contributed by atoms with van der Waals surface area (Å²) in [5, 5.41) is 3.45. The number of likely N-dealkylation sites (N-methyl/N-ethyl adjacent to an activating group) is 1. The van der Waals surface area contributed by atoms with Gasteiger partial charge in [0.15, 0.2) is 0 Å². The number of nitrogens with zero attached hydrogens (tertiary/aromatic N) is 1. The monoisotopic (exact) mass is 282 g/mol. The van der Waals surface area contributed by atoms with E-state index in [9.17, 15) is 0 Å². The fourth-order valence-electron chi connectivity index (χ4n) is 2.55. The van der Waals surface area contributed by atoms with E-state index in [4.69, 9.17) is 0 Å². The van der Waals surface area contributed by atoms with E-state index < -0.39 is 0 Å². The van der Waals surface area contributed by atoms with Crippen LogP contribution in [0.3, 0.4) is 0 Å². The lowest BCUT2D eigenvalue weighted by atomic mass is 10.0. The molecule has 2 nitrogen and oxygen atoms in total. The van der Waals surface area contributed by atoms with Crippen molar-refractivity contribution < 1.29 is 0 Å². The minimum atomic E-state index is 0.532. The minimum Gasteiger partial charge on any atom is -0.314 e. The van der Waals surface area contributed by atoms with Gasteiger partial charge in [0, 0.05) is 24.4 Å². The minimum absolute atomic E-state index is 0.532. The predicted octanol–water partition coefficient (Wildman–Crippen LogP) is 3.78. The Morgan fingerprint density at radius 1 is 0.952 bits per heavy atom. The molecule has 0 aliphatic carbocycles. The Kier molecular flexibility index (Phi) is 5.94. The molecular weight excluding hydrogens is 256 g/mol. The lowest BCUT2D eigenvalue weighted by Gasteiger charge is -2.12. The van der Waals surface area contributed by atoms with Crippen LogP contribution in [0.2, 0.25) is 0 Å². The van der Waals surface area contributed by atoms with Crippen molar-refractivity contribution >= 4 is 0 Å². The molecule has 0 saturated carbocycles. The first-order valence-electron chi connectivity index (χ1n) is 7.96. The van der Waals surface area contributed by atoms with E-state index >= 15 is 0 Å². The van der Waals surface area contributed by atoms with Gasteiger partial charge >= 0.3 is 0 Å². The van der Waals surface area contributed by atoms with Crippen LogP contribution in [0.5, 0.6) is 0 Å². The Labute approximate surface area is 128 Å². The molecule has 0 bridgehead atoms. The SMILES string of the molecule is CCNC(C)Cc1ccc(Cc2ccc(CC)cn2)cc1. The van der Waals surface area contributed by atoms with Crippen LogP contribution in [0.4, 0.5) is 0 Å². The third-order valence-electron chi connectivity index (χ3n) is 3.80. The van der Waals surface area contributed by atoms with Gasteiger partial charge in [-0.25, -0.2) is 0 Å². The lowest BCUT2D eigenvalue weighted by molar-refractivity contribution is 0.565. The van der Waals surface area contributed by atoms with Crippen molar-refractivity contribution in [1.82, 2.24) is 10.3 Å². The van der Waals surface area contributed by atoms with Crippen LogP contribution in [-0.2, 0) is 19.3 Å². The highest BCUT2D eigenvalue weighted by Gasteiger charge is 2.03. The molecular formula is C19H26N2. The first kappa shape index (κ1) is 15.7. The smallest absolute Gasteiger partial charge is 0.0447 e. The number of hydrogen-bond acceptors (Lipinski definition) is 2. The van der Waals surface area contributed by atoms with Gasteiger partial charge < -0.3 is 5.32 Å². The first-order valence-corrected chi connectivity index (χ1v) is 7.96. The van der Waals surface area contributed by atoms with Crippen molar-refractivity contribution in [3.63, 3.8) is 0 Å². The molecule has 2 rings (SSSR count). The zero-order valence-corrected chi connectivity index (χ0v) is 13.4. The predicted molar refractivity (Wildman–Crippen MR) is 89.7 cm³/mol. The van der Waals surface area contributed by atoms with Crippen LogP contribution in [0, 0.1) is 0 Å². The molecule has 1 unspecified atom stereocenters. The van der Waals surface area contributed by atoms with Gasteiger partial charge in [0.25, 0.3) is 0 Å². The fourth-order valence-corrected chi connectivity index (χ4v) is 2.55. The van der Waals surface area contributed by atoms with E-state index in [0.717, 1.165) is 31.5 Å². The highest BCUT2D eigenvalue weighted by atomic mass is 14.9. The number of rotatable bonds is 7. The first-order chi connectivity index (χ1) is 10.2. The van der Waals surface area contributed by atoms with Crippen LogP contribution in [-0.4, -0.2) is 17.6 Å². The van der Waals surface area contributed by atoms with Gasteiger partial charge in [-0.15, -0.1) is 0 Å². The molecule has 2 heteroatoms. The van der Waals surface area contributed by atoms with Crippen LogP contribution >= 0.6 is 0 Å². The average molecular weight is 282 g/mol. The van der Waals surface area contributed by atoms with E-state index in [1.54, 1.807) is 0 Å². The van der Waals surface area contributed by atoms with E-state index in [1.165, 1.54) is 16.7 Å². The highest BCUT2D eigenvalue weighted by molar-refractivity contribution is 5.27. The largest absolute Gasteiger partial charge is 0.314 e. The second-order valence-electron chi connectivity index (χ2n) is 5.67. The number of pyridine rings is 1. The summed E-state index contributed by atoms with van der Waals surface area (Å²) >= 11 is 0. The maximum atomic E-state index is 4.53. The van der Waals surface area contributed by atoms with Gasteiger partial charge in [0.2, 0.25) is 0 Å². The van der Waals surface area contributed by atoms with Crippen LogP contribution in [0.1, 0.15) is 43.2 Å². The molecule has 0 aliphatic heterocycles. The molecule has 1 atom stereocenters. The van der Waals surface area contributed by atoms with E-state index in [1.807, 2.05) is 6.20 Å². The molecule has 21 heavy (non-hydrogen) atoms. The van der Waals surface area contributed by atoms with Crippen molar-refractivity contribution in [3.05, 3.63) is 65.0 Å². The zero-order valence-electron chi connectivity index (χ0n) is 13.4. The van der Waals surface area contributed by atoms with Crippen molar-refractivity contribution in [2.75, 3.05) is 6.54 Å². The van der Waals surface area contributed by atoms with Gasteiger partial charge in [-0.05, 0) is 49.1 Å². The molecule has 0 amide bonds. The number of aromatic nitrogens is 1. The molecule has 1 N–H and O–H groups in total. The molecule has 1 heterocycles. The van der Waals surface area contributed by atoms with Gasteiger partial charge in [-0.3, -0.25) is 4.98 Å². The molecule has 1 aromatic heterocycles. The Bertz CT molecular complexity index is 528. The Hall–Kier alpha value is -1.67. The summed E-state index contributed by atoms with van der Waals surface area (Å²) in [5.74, 6) is 0. The fraction of sp³-hybridized carbons (Fsp3) is 0.421. The summed E-state index contributed by atoms with van der Waals surface area (Å²) in [6.07, 6.45) is 5.03. The van der Waals surface area contributed by atoms with Crippen molar-refractivity contribution in [3.8, 4) is 0 Å². The van der Waals surface area contributed by atoms with E-state index in [-0.39, 0.29) is 0 Å². The van der Waals surface area contributed by atoms with Crippen molar-refractivity contribution in [2.45, 2.75) is 46.1 Å². The quantitative estimate of drug-likeness (QED) is 0.836. The molecule has 0 aliphatic rings. The van der Waals surface area contributed by atoms with Gasteiger partial charge in [-0.2, -0.15) is 0 Å². The number of benzene rings is 1. The van der Waals surface area contributed by atoms with Crippen LogP contribution < -0.4 is 5.32 Å². The summed E-state index contributed by atoms with van der Waals surface area (Å²) in [6.45, 7) is 7.56. The molecule has 0 saturated heterocycles. The maximum Gasteiger partial charge on any atom is 0.0447 e. The Morgan fingerprint density at radius 2 is 1.62 bits per heavy atom. The average Bonchev–Trinajstić information content (AvgIpc) is 2.50. The standard InChI is InChI=1S/C19H26N2/c1-4-16-10-11-19(21-14-16)13-18-8-6-17(7-9-18)12-15(3)20-5-2/h6-11,14-15,20H,4-5,12-13H2,1-3H3. The normalized spacial score (nSPS) is 12.3. The molecule has 0 spiro atoms. The summed E-state index contributed by atoms with van der Waals surface area (Å²) < 4.78 is 0. The van der Waals surface area contributed by atoms with Gasteiger partial charge in [-0.1, -0.05) is 44.2 Å². The third kappa shape index (κ3) is 4.98. The van der Waals surface area contributed by atoms with Crippen molar-refractivity contribution in [2.24, 2.45) is 0 Å². The number of hydrogen-bond donors (Lipinski definition) is 1. The van der Waals surface area contributed by atoms with Crippen molar-refractivity contribution in [1.29, 1.82) is 0 Å². The van der Waals surface area contributed by atoms with Gasteiger partial charge in [0.05, 0.1) is 0 Å². The third-order valence-corrected chi connectivity index (χ3v) is 3.80. The Morgan fingerprint density at radius 3 is 2.19 bits per heavy atom. The topological polar surface area (TPSA) is 24.9 Å². The van der Waals surface area contributed by atoms with Crippen LogP contribution in [0.15, 0.2) is 42.6 Å². The zero-order chi connectivity index (χ0) is 15.1. The maximum absolute atomic E-state index is 4.53. The Balaban J connectivity index is 1.95. The summed E-state index contributed by atoms with van der Waals surface area (Å²) in [4.78, 5) is 4.53. The number of aryl methyl sites for hydroxylation is 1. The molecule has 112 valence electrons. The lowest BCUT2D eigenvalue weighted by Crippen LogP contribution is -2.27. The summed E-state index contributed by atoms with van der Waals surface area (Å²) in [7, 11) is 0. The second-order valence-corrected chi connectivity index (χ2v) is 5.67. The summed E-state index contributed by atoms with van der Waals surface area (Å²) in [5.41, 5.74) is 5.15.